The van der Waals surface area contributed by atoms with Crippen molar-refractivity contribution in [3.63, 3.8) is 0 Å². The molecule has 1 atom stereocenters. The minimum atomic E-state index is -0.410. The minimum absolute atomic E-state index is 0.0590. The summed E-state index contributed by atoms with van der Waals surface area (Å²) in [4.78, 5) is 19.8. The summed E-state index contributed by atoms with van der Waals surface area (Å²) in [6.45, 7) is 2.35. The molecular weight excluding hydrogens is 372 g/mol. The molecule has 1 aromatic heterocycles. The number of carbonyl (C=O) groups excluding carboxylic acids is 1. The second-order valence-electron chi connectivity index (χ2n) is 6.53. The van der Waals surface area contributed by atoms with Gasteiger partial charge in [0.25, 0.3) is 0 Å². The van der Waals surface area contributed by atoms with Crippen molar-refractivity contribution in [2.45, 2.75) is 10.4 Å². The van der Waals surface area contributed by atoms with Gasteiger partial charge in [0.05, 0.1) is 25.1 Å². The summed E-state index contributed by atoms with van der Waals surface area (Å²) in [5, 5.41) is 0.196. The lowest BCUT2D eigenvalue weighted by Gasteiger charge is -2.30. The summed E-state index contributed by atoms with van der Waals surface area (Å²) in [5.41, 5.74) is 2.72. The Kier molecular flexibility index (Phi) is 5.64. The number of benzene rings is 2. The number of amides is 1. The van der Waals surface area contributed by atoms with Gasteiger partial charge in [-0.1, -0.05) is 72.4 Å². The molecule has 7 heteroatoms. The Bertz CT molecular complexity index is 924. The average Bonchev–Trinajstić information content (AvgIpc) is 3.14. The van der Waals surface area contributed by atoms with Crippen LogP contribution in [0.15, 0.2) is 72.0 Å². The maximum atomic E-state index is 13.3. The predicted octanol–water partition coefficient (Wildman–Crippen LogP) is 2.96. The molecule has 1 saturated heterocycles. The van der Waals surface area contributed by atoms with E-state index in [9.17, 15) is 4.79 Å². The Labute approximate surface area is 168 Å². The fourth-order valence-corrected chi connectivity index (χ4v) is 4.24. The van der Waals surface area contributed by atoms with Crippen LogP contribution in [0, 0.1) is 0 Å². The molecule has 2 heterocycles. The van der Waals surface area contributed by atoms with E-state index in [1.165, 1.54) is 16.4 Å². The predicted molar refractivity (Wildman–Crippen MR) is 110 cm³/mol. The monoisotopic (exact) mass is 394 g/mol. The molecule has 2 aromatic carbocycles. The maximum absolute atomic E-state index is 13.3. The first kappa shape index (κ1) is 18.6. The number of hydrogen-bond donors (Lipinski definition) is 1. The van der Waals surface area contributed by atoms with E-state index < -0.39 is 5.25 Å². The second kappa shape index (κ2) is 8.50. The van der Waals surface area contributed by atoms with Gasteiger partial charge in [0.1, 0.15) is 5.25 Å². The molecule has 144 valence electrons. The van der Waals surface area contributed by atoms with E-state index in [0.29, 0.717) is 31.5 Å². The molecule has 0 saturated carbocycles. The zero-order valence-corrected chi connectivity index (χ0v) is 16.2. The van der Waals surface area contributed by atoms with E-state index in [1.54, 1.807) is 6.20 Å². The molecule has 28 heavy (non-hydrogen) atoms. The standard InChI is InChI=1S/C21H22N4O2S/c22-25-15-18(16-7-3-1-4-8-16)23-21(25)28-19(17-9-5-2-6-10-17)20(26)24-11-13-27-14-12-24/h1-10,15,19H,11-14,22H2. The number of morpholine rings is 1. The Hall–Kier alpha value is -2.77. The molecule has 6 nitrogen and oxygen atoms in total. The quantitative estimate of drug-likeness (QED) is 0.532. The molecule has 1 aliphatic heterocycles. The highest BCUT2D eigenvalue weighted by Crippen LogP contribution is 2.37. The highest BCUT2D eigenvalue weighted by molar-refractivity contribution is 8.00. The number of nitrogen functional groups attached to an aromatic ring is 1. The van der Waals surface area contributed by atoms with Gasteiger partial charge in [0.2, 0.25) is 5.91 Å². The number of nitrogens with zero attached hydrogens (tertiary/aromatic N) is 3. The first-order valence-corrected chi connectivity index (χ1v) is 10.1. The molecule has 1 aliphatic rings. The van der Waals surface area contributed by atoms with Crippen molar-refractivity contribution in [2.75, 3.05) is 32.1 Å². The van der Waals surface area contributed by atoms with Gasteiger partial charge in [-0.25, -0.2) is 9.66 Å². The fraction of sp³-hybridized carbons (Fsp3) is 0.238. The molecule has 3 aromatic rings. The fourth-order valence-electron chi connectivity index (χ4n) is 3.16. The third-order valence-electron chi connectivity index (χ3n) is 4.64. The molecule has 4 rings (SSSR count). The summed E-state index contributed by atoms with van der Waals surface area (Å²) < 4.78 is 6.88. The van der Waals surface area contributed by atoms with Crippen LogP contribution >= 0.6 is 11.8 Å². The van der Waals surface area contributed by atoms with Crippen LogP contribution in [-0.4, -0.2) is 46.8 Å². The van der Waals surface area contributed by atoms with Crippen molar-refractivity contribution in [1.29, 1.82) is 0 Å². The summed E-state index contributed by atoms with van der Waals surface area (Å²) in [7, 11) is 0. The number of imidazole rings is 1. The number of ether oxygens (including phenoxy) is 1. The Morgan fingerprint density at radius 1 is 1.04 bits per heavy atom. The Morgan fingerprint density at radius 3 is 2.36 bits per heavy atom. The lowest BCUT2D eigenvalue weighted by molar-refractivity contribution is -0.134. The highest BCUT2D eigenvalue weighted by Gasteiger charge is 2.29. The first-order valence-electron chi connectivity index (χ1n) is 9.20. The van der Waals surface area contributed by atoms with E-state index in [0.717, 1.165) is 16.8 Å². The molecule has 0 aliphatic carbocycles. The summed E-state index contributed by atoms with van der Waals surface area (Å²) in [5.74, 6) is 6.23. The van der Waals surface area contributed by atoms with Gasteiger partial charge in [0, 0.05) is 18.7 Å². The van der Waals surface area contributed by atoms with Crippen molar-refractivity contribution in [3.8, 4) is 11.3 Å². The van der Waals surface area contributed by atoms with Gasteiger partial charge >= 0.3 is 0 Å². The third kappa shape index (κ3) is 4.05. The second-order valence-corrected chi connectivity index (χ2v) is 7.60. The molecule has 0 bridgehead atoms. The van der Waals surface area contributed by atoms with Gasteiger partial charge in [-0.3, -0.25) is 4.79 Å². The molecule has 1 amide bonds. The number of aromatic nitrogens is 2. The van der Waals surface area contributed by atoms with Crippen molar-refractivity contribution >= 4 is 17.7 Å². The number of nitrogens with two attached hydrogens (primary N) is 1. The molecule has 1 fully saturated rings. The van der Waals surface area contributed by atoms with E-state index >= 15 is 0 Å². The minimum Gasteiger partial charge on any atom is -0.378 e. The maximum Gasteiger partial charge on any atom is 0.240 e. The van der Waals surface area contributed by atoms with Crippen molar-refractivity contribution in [2.24, 2.45) is 0 Å². The van der Waals surface area contributed by atoms with Crippen LogP contribution in [0.2, 0.25) is 0 Å². The zero-order chi connectivity index (χ0) is 19.3. The lowest BCUT2D eigenvalue weighted by Crippen LogP contribution is -2.42. The van der Waals surface area contributed by atoms with Crippen molar-refractivity contribution in [3.05, 3.63) is 72.4 Å². The smallest absolute Gasteiger partial charge is 0.240 e. The topological polar surface area (TPSA) is 73.4 Å². The van der Waals surface area contributed by atoms with Gasteiger partial charge in [-0.2, -0.15) is 0 Å². The average molecular weight is 395 g/mol. The van der Waals surface area contributed by atoms with Crippen LogP contribution in [0.1, 0.15) is 10.8 Å². The third-order valence-corrected chi connectivity index (χ3v) is 5.86. The number of rotatable bonds is 5. The van der Waals surface area contributed by atoms with Gasteiger partial charge in [0.15, 0.2) is 5.16 Å². The van der Waals surface area contributed by atoms with Crippen LogP contribution in [0.5, 0.6) is 0 Å². The van der Waals surface area contributed by atoms with Gasteiger partial charge in [-0.15, -0.1) is 0 Å². The Morgan fingerprint density at radius 2 is 1.68 bits per heavy atom. The summed E-state index contributed by atoms with van der Waals surface area (Å²) >= 11 is 1.38. The van der Waals surface area contributed by atoms with Crippen LogP contribution < -0.4 is 5.84 Å². The van der Waals surface area contributed by atoms with Crippen molar-refractivity contribution < 1.29 is 9.53 Å². The summed E-state index contributed by atoms with van der Waals surface area (Å²) in [6.07, 6.45) is 1.79. The lowest BCUT2D eigenvalue weighted by atomic mass is 10.1. The molecule has 1 unspecified atom stereocenters. The van der Waals surface area contributed by atoms with E-state index in [1.807, 2.05) is 65.6 Å². The zero-order valence-electron chi connectivity index (χ0n) is 15.4. The van der Waals surface area contributed by atoms with E-state index in [4.69, 9.17) is 10.6 Å². The number of thioether (sulfide) groups is 1. The van der Waals surface area contributed by atoms with Crippen LogP contribution in [0.4, 0.5) is 0 Å². The molecule has 0 radical (unpaired) electrons. The van der Waals surface area contributed by atoms with E-state index in [2.05, 4.69) is 4.98 Å². The first-order chi connectivity index (χ1) is 13.7. The largest absolute Gasteiger partial charge is 0.378 e. The van der Waals surface area contributed by atoms with Crippen molar-refractivity contribution in [1.82, 2.24) is 14.6 Å². The molecule has 2 N–H and O–H groups in total. The van der Waals surface area contributed by atoms with E-state index in [-0.39, 0.29) is 5.91 Å². The van der Waals surface area contributed by atoms with Crippen LogP contribution in [-0.2, 0) is 9.53 Å². The van der Waals surface area contributed by atoms with Crippen LogP contribution in [0.25, 0.3) is 11.3 Å². The molecule has 0 spiro atoms. The van der Waals surface area contributed by atoms with Gasteiger partial charge in [-0.05, 0) is 5.56 Å². The number of hydrogen-bond acceptors (Lipinski definition) is 5. The normalized spacial score (nSPS) is 15.4. The Balaban J connectivity index is 1.63. The molecular formula is C21H22N4O2S. The summed E-state index contributed by atoms with van der Waals surface area (Å²) in [6, 6.07) is 19.6. The SMILES string of the molecule is Nn1cc(-c2ccccc2)nc1SC(C(=O)N1CCOCC1)c1ccccc1. The van der Waals surface area contributed by atoms with Crippen LogP contribution in [0.3, 0.4) is 0 Å². The highest BCUT2D eigenvalue weighted by atomic mass is 32.2. The number of carbonyl (C=O) groups is 1. The van der Waals surface area contributed by atoms with Gasteiger partial charge < -0.3 is 15.5 Å².